The highest BCUT2D eigenvalue weighted by Gasteiger charge is 2.46. The van der Waals surface area contributed by atoms with E-state index in [1.165, 1.54) is 0 Å². The summed E-state index contributed by atoms with van der Waals surface area (Å²) in [6.45, 7) is 0. The maximum Gasteiger partial charge on any atom is 0.249 e. The highest BCUT2D eigenvalue weighted by atomic mass is 16.2. The van der Waals surface area contributed by atoms with Crippen LogP contribution in [0.1, 0.15) is 24.8 Å². The monoisotopic (exact) mass is 411 g/mol. The van der Waals surface area contributed by atoms with Crippen LogP contribution >= 0.6 is 0 Å². The van der Waals surface area contributed by atoms with Gasteiger partial charge in [-0.25, -0.2) is 9.97 Å². The number of nitrogens with two attached hydrogens (primary N) is 1. The van der Waals surface area contributed by atoms with Crippen molar-refractivity contribution >= 4 is 17.8 Å². The van der Waals surface area contributed by atoms with Crippen molar-refractivity contribution in [1.82, 2.24) is 25.1 Å². The van der Waals surface area contributed by atoms with E-state index in [2.05, 4.69) is 30.5 Å². The predicted octanol–water partition coefficient (Wildman–Crippen LogP) is 3.57. The summed E-state index contributed by atoms with van der Waals surface area (Å²) >= 11 is 0. The summed E-state index contributed by atoms with van der Waals surface area (Å²) in [5.74, 6) is 1.06. The van der Waals surface area contributed by atoms with Crippen LogP contribution in [0.2, 0.25) is 0 Å². The van der Waals surface area contributed by atoms with Crippen molar-refractivity contribution in [1.29, 1.82) is 0 Å². The molecule has 0 saturated heterocycles. The van der Waals surface area contributed by atoms with Crippen molar-refractivity contribution in [3.8, 4) is 22.5 Å². The lowest BCUT2D eigenvalue weighted by Gasteiger charge is -2.40. The summed E-state index contributed by atoms with van der Waals surface area (Å²) in [6, 6.07) is 17.6. The Labute approximate surface area is 179 Å². The molecule has 0 bridgehead atoms. The number of amides is 1. The third-order valence-corrected chi connectivity index (χ3v) is 5.84. The molecule has 8 heteroatoms. The molecule has 8 nitrogen and oxygen atoms in total. The summed E-state index contributed by atoms with van der Waals surface area (Å²) in [4.78, 5) is 25.7. The number of aromatic nitrogens is 5. The van der Waals surface area contributed by atoms with Gasteiger partial charge in [0.05, 0.1) is 5.41 Å². The first-order valence-electron chi connectivity index (χ1n) is 10.1. The minimum atomic E-state index is -0.566. The molecule has 1 amide bonds. The highest BCUT2D eigenvalue weighted by Crippen LogP contribution is 2.45. The third kappa shape index (κ3) is 3.52. The van der Waals surface area contributed by atoms with Crippen molar-refractivity contribution in [2.75, 3.05) is 11.1 Å². The standard InChI is InChI=1S/C23H21N7O/c24-21-25-13-17(14-26-21)15-7-9-18(10-8-15)23(11-4-12-23)20(31)28-22-27-19(29-30-22)16-5-2-1-3-6-16/h1-3,5-10,13-14H,4,11-12H2,(H2,24,25,26)(H2,27,28,29,30,31). The smallest absolute Gasteiger partial charge is 0.249 e. The van der Waals surface area contributed by atoms with Gasteiger partial charge in [-0.2, -0.15) is 4.98 Å². The minimum absolute atomic E-state index is 0.0825. The molecule has 0 spiro atoms. The molecule has 0 radical (unpaired) electrons. The van der Waals surface area contributed by atoms with E-state index < -0.39 is 5.41 Å². The minimum Gasteiger partial charge on any atom is -0.368 e. The molecule has 1 aliphatic rings. The Bertz CT molecular complexity index is 1200. The Hall–Kier alpha value is -4.07. The fourth-order valence-corrected chi connectivity index (χ4v) is 3.91. The second kappa shape index (κ2) is 7.64. The zero-order chi connectivity index (χ0) is 21.3. The lowest BCUT2D eigenvalue weighted by Crippen LogP contribution is -2.46. The van der Waals surface area contributed by atoms with Gasteiger partial charge in [-0.05, 0) is 24.0 Å². The van der Waals surface area contributed by atoms with Gasteiger partial charge in [0.15, 0.2) is 5.82 Å². The Morgan fingerprint density at radius 3 is 2.29 bits per heavy atom. The van der Waals surface area contributed by atoms with E-state index in [-0.39, 0.29) is 17.8 Å². The molecule has 5 rings (SSSR count). The number of anilines is 2. The second-order valence-corrected chi connectivity index (χ2v) is 7.67. The number of hydrogen-bond donors (Lipinski definition) is 3. The molecule has 2 heterocycles. The number of nitrogens with one attached hydrogen (secondary N) is 2. The van der Waals surface area contributed by atoms with E-state index >= 15 is 0 Å². The average molecular weight is 411 g/mol. The van der Waals surface area contributed by atoms with Gasteiger partial charge in [0, 0.05) is 23.5 Å². The SMILES string of the molecule is Nc1ncc(-c2ccc(C3(C(=O)Nc4n[nH]c(-c5ccccc5)n4)CCC3)cc2)cn1. The van der Waals surface area contributed by atoms with E-state index in [0.717, 1.165) is 41.5 Å². The predicted molar refractivity (Wildman–Crippen MR) is 118 cm³/mol. The van der Waals surface area contributed by atoms with Crippen LogP contribution < -0.4 is 11.1 Å². The molecule has 2 aromatic heterocycles. The number of H-pyrrole nitrogens is 1. The number of hydrogen-bond acceptors (Lipinski definition) is 6. The molecular formula is C23H21N7O. The largest absolute Gasteiger partial charge is 0.368 e. The summed E-state index contributed by atoms with van der Waals surface area (Å²) < 4.78 is 0. The van der Waals surface area contributed by atoms with E-state index in [0.29, 0.717) is 5.82 Å². The first kappa shape index (κ1) is 18.9. The van der Waals surface area contributed by atoms with Gasteiger partial charge in [0.2, 0.25) is 17.8 Å². The normalized spacial score (nSPS) is 14.6. The number of benzene rings is 2. The molecule has 0 unspecified atom stereocenters. The number of carbonyl (C=O) groups is 1. The van der Waals surface area contributed by atoms with Crippen LogP contribution in [-0.4, -0.2) is 31.1 Å². The molecule has 4 N–H and O–H groups in total. The summed E-state index contributed by atoms with van der Waals surface area (Å²) in [7, 11) is 0. The van der Waals surface area contributed by atoms with Gasteiger partial charge in [-0.1, -0.05) is 61.0 Å². The molecule has 1 aliphatic carbocycles. The Balaban J connectivity index is 1.35. The molecule has 0 atom stereocenters. The van der Waals surface area contributed by atoms with Crippen molar-refractivity contribution < 1.29 is 4.79 Å². The fraction of sp³-hybridized carbons (Fsp3) is 0.174. The summed E-state index contributed by atoms with van der Waals surface area (Å²) in [5.41, 5.74) is 8.74. The molecule has 0 aliphatic heterocycles. The summed E-state index contributed by atoms with van der Waals surface area (Å²) in [5, 5.41) is 9.95. The average Bonchev–Trinajstić information content (AvgIpc) is 3.23. The summed E-state index contributed by atoms with van der Waals surface area (Å²) in [6.07, 6.45) is 5.97. The maximum atomic E-state index is 13.2. The van der Waals surface area contributed by atoms with Gasteiger partial charge in [0.1, 0.15) is 0 Å². The number of carbonyl (C=O) groups excluding carboxylic acids is 1. The highest BCUT2D eigenvalue weighted by molar-refractivity contribution is 5.99. The van der Waals surface area contributed by atoms with Crippen LogP contribution in [0.5, 0.6) is 0 Å². The first-order chi connectivity index (χ1) is 15.1. The van der Waals surface area contributed by atoms with Crippen molar-refractivity contribution in [2.45, 2.75) is 24.7 Å². The number of nitrogens with zero attached hydrogens (tertiary/aromatic N) is 4. The molecule has 1 fully saturated rings. The lowest BCUT2D eigenvalue weighted by atomic mass is 9.63. The molecule has 4 aromatic rings. The molecule has 1 saturated carbocycles. The quantitative estimate of drug-likeness (QED) is 0.461. The van der Waals surface area contributed by atoms with Crippen LogP contribution in [0.25, 0.3) is 22.5 Å². The topological polar surface area (TPSA) is 122 Å². The third-order valence-electron chi connectivity index (χ3n) is 5.84. The van der Waals surface area contributed by atoms with E-state index in [4.69, 9.17) is 5.73 Å². The first-order valence-corrected chi connectivity index (χ1v) is 10.1. The number of rotatable bonds is 5. The van der Waals surface area contributed by atoms with Crippen LogP contribution in [0.15, 0.2) is 67.0 Å². The molecule has 31 heavy (non-hydrogen) atoms. The Kier molecular flexibility index (Phi) is 4.66. The van der Waals surface area contributed by atoms with Crippen LogP contribution in [0, 0.1) is 0 Å². The molecule has 154 valence electrons. The Morgan fingerprint density at radius 2 is 1.65 bits per heavy atom. The van der Waals surface area contributed by atoms with Gasteiger partial charge in [-0.15, -0.1) is 5.10 Å². The lowest BCUT2D eigenvalue weighted by molar-refractivity contribution is -0.124. The van der Waals surface area contributed by atoms with E-state index in [9.17, 15) is 4.79 Å². The fourth-order valence-electron chi connectivity index (χ4n) is 3.91. The van der Waals surface area contributed by atoms with E-state index in [1.54, 1.807) is 12.4 Å². The van der Waals surface area contributed by atoms with Crippen molar-refractivity contribution in [2.24, 2.45) is 0 Å². The number of nitrogen functional groups attached to an aromatic ring is 1. The van der Waals surface area contributed by atoms with Gasteiger partial charge in [-0.3, -0.25) is 15.2 Å². The second-order valence-electron chi connectivity index (χ2n) is 7.67. The van der Waals surface area contributed by atoms with Crippen LogP contribution in [-0.2, 0) is 10.2 Å². The van der Waals surface area contributed by atoms with Gasteiger partial charge in [0.25, 0.3) is 0 Å². The van der Waals surface area contributed by atoms with Crippen LogP contribution in [0.3, 0.4) is 0 Å². The zero-order valence-corrected chi connectivity index (χ0v) is 16.7. The van der Waals surface area contributed by atoms with Crippen LogP contribution in [0.4, 0.5) is 11.9 Å². The van der Waals surface area contributed by atoms with Gasteiger partial charge >= 0.3 is 0 Å². The number of aromatic amines is 1. The van der Waals surface area contributed by atoms with E-state index in [1.807, 2.05) is 54.6 Å². The van der Waals surface area contributed by atoms with Crippen molar-refractivity contribution in [3.63, 3.8) is 0 Å². The maximum absolute atomic E-state index is 13.2. The molecular weight excluding hydrogens is 390 g/mol. The van der Waals surface area contributed by atoms with Gasteiger partial charge < -0.3 is 5.73 Å². The molecule has 2 aromatic carbocycles. The Morgan fingerprint density at radius 1 is 0.935 bits per heavy atom. The zero-order valence-electron chi connectivity index (χ0n) is 16.7. The van der Waals surface area contributed by atoms with Crippen molar-refractivity contribution in [3.05, 3.63) is 72.6 Å².